The highest BCUT2D eigenvalue weighted by Gasteiger charge is 2.22. The van der Waals surface area contributed by atoms with Crippen molar-refractivity contribution >= 4 is 29.4 Å². The van der Waals surface area contributed by atoms with E-state index in [2.05, 4.69) is 10.2 Å². The molecular weight excluding hydrogens is 440 g/mol. The molecule has 2 N–H and O–H groups in total. The van der Waals surface area contributed by atoms with Crippen molar-refractivity contribution in [3.63, 3.8) is 0 Å². The molecule has 0 saturated heterocycles. The van der Waals surface area contributed by atoms with Crippen LogP contribution in [0.3, 0.4) is 0 Å². The first kappa shape index (κ1) is 23.1. The fraction of sp³-hybridized carbons (Fsp3) is 0.286. The van der Waals surface area contributed by atoms with Crippen molar-refractivity contribution in [2.24, 2.45) is 0 Å². The first-order valence-electron chi connectivity index (χ1n) is 9.71. The van der Waals surface area contributed by atoms with Gasteiger partial charge in [0.05, 0.1) is 11.0 Å². The van der Waals surface area contributed by atoms with E-state index < -0.39 is 0 Å². The minimum Gasteiger partial charge on any atom is -0.343 e. The maximum atomic E-state index is 13.4. The van der Waals surface area contributed by atoms with E-state index in [1.807, 2.05) is 13.8 Å². The lowest BCUT2D eigenvalue weighted by atomic mass is 10.0. The molecule has 1 amide bonds. The highest BCUT2D eigenvalue weighted by molar-refractivity contribution is 8.00. The van der Waals surface area contributed by atoms with Gasteiger partial charge in [-0.05, 0) is 49.2 Å². The monoisotopic (exact) mass is 463 g/mol. The molecule has 0 aliphatic carbocycles. The number of nitrogen functional groups attached to an aromatic ring is 1. The Morgan fingerprint density at radius 2 is 1.45 bits per heavy atom. The molecule has 0 aliphatic rings. The summed E-state index contributed by atoms with van der Waals surface area (Å²) in [7, 11) is 0. The molecule has 1 heterocycles. The summed E-state index contributed by atoms with van der Waals surface area (Å²) in [5, 5.41) is 8.81. The van der Waals surface area contributed by atoms with Gasteiger partial charge in [0.1, 0.15) is 11.6 Å². The highest BCUT2D eigenvalue weighted by Crippen LogP contribution is 2.40. The summed E-state index contributed by atoms with van der Waals surface area (Å²) in [6, 6.07) is 12.2. The van der Waals surface area contributed by atoms with Gasteiger partial charge in [-0.1, -0.05) is 47.8 Å². The van der Waals surface area contributed by atoms with Gasteiger partial charge in [-0.25, -0.2) is 13.5 Å². The van der Waals surface area contributed by atoms with Gasteiger partial charge in [-0.2, -0.15) is 0 Å². The van der Waals surface area contributed by atoms with Crippen LogP contribution in [0, 0.1) is 11.6 Å². The van der Waals surface area contributed by atoms with E-state index in [0.717, 1.165) is 11.1 Å². The highest BCUT2D eigenvalue weighted by atomic mass is 32.2. The Bertz CT molecular complexity index is 962. The van der Waals surface area contributed by atoms with E-state index in [9.17, 15) is 13.6 Å². The number of thioether (sulfide) groups is 2. The number of halogens is 2. The average molecular weight is 464 g/mol. The molecule has 0 spiro atoms. The number of carbonyl (C=O) groups is 1. The van der Waals surface area contributed by atoms with Gasteiger partial charge < -0.3 is 10.7 Å². The summed E-state index contributed by atoms with van der Waals surface area (Å²) in [5.41, 5.74) is 1.62. The molecule has 3 aromatic rings. The summed E-state index contributed by atoms with van der Waals surface area (Å²) in [6.45, 7) is 5.14. The van der Waals surface area contributed by atoms with Crippen LogP contribution in [0.15, 0.2) is 58.8 Å². The number of hydrogen-bond acceptors (Lipinski definition) is 6. The van der Waals surface area contributed by atoms with Crippen LogP contribution in [0.5, 0.6) is 0 Å². The third kappa shape index (κ3) is 5.76. The Hall–Kier alpha value is -2.59. The van der Waals surface area contributed by atoms with E-state index in [0.29, 0.717) is 23.4 Å². The molecule has 0 saturated carbocycles. The summed E-state index contributed by atoms with van der Waals surface area (Å²) in [6.07, 6.45) is 0. The summed E-state index contributed by atoms with van der Waals surface area (Å²) in [4.78, 5) is 14.0. The molecule has 0 atom stereocenters. The van der Waals surface area contributed by atoms with Gasteiger partial charge >= 0.3 is 0 Å². The van der Waals surface area contributed by atoms with Gasteiger partial charge in [-0.3, -0.25) is 4.79 Å². The smallest absolute Gasteiger partial charge is 0.233 e. The van der Waals surface area contributed by atoms with Crippen LogP contribution >= 0.6 is 23.5 Å². The van der Waals surface area contributed by atoms with Crippen molar-refractivity contribution in [1.82, 2.24) is 19.8 Å². The van der Waals surface area contributed by atoms with Gasteiger partial charge in [0, 0.05) is 13.1 Å². The van der Waals surface area contributed by atoms with E-state index in [4.69, 9.17) is 5.84 Å². The molecule has 0 fully saturated rings. The molecule has 0 radical (unpaired) electrons. The molecule has 0 aliphatic heterocycles. The maximum Gasteiger partial charge on any atom is 0.233 e. The van der Waals surface area contributed by atoms with Crippen LogP contribution in [0.4, 0.5) is 8.78 Å². The zero-order valence-corrected chi connectivity index (χ0v) is 18.8. The minimum absolute atomic E-state index is 0.00250. The molecule has 31 heavy (non-hydrogen) atoms. The molecule has 1 aromatic heterocycles. The van der Waals surface area contributed by atoms with Crippen LogP contribution in [0.2, 0.25) is 0 Å². The number of rotatable bonds is 9. The largest absolute Gasteiger partial charge is 0.343 e. The van der Waals surface area contributed by atoms with Gasteiger partial charge in [-0.15, -0.1) is 10.2 Å². The number of amides is 1. The van der Waals surface area contributed by atoms with Crippen LogP contribution in [0.25, 0.3) is 0 Å². The van der Waals surface area contributed by atoms with Crippen LogP contribution in [-0.2, 0) is 4.79 Å². The Morgan fingerprint density at radius 3 is 1.94 bits per heavy atom. The summed E-state index contributed by atoms with van der Waals surface area (Å²) < 4.78 is 28.2. The molecular formula is C21H23F2N5OS2. The van der Waals surface area contributed by atoms with Gasteiger partial charge in [0.25, 0.3) is 0 Å². The van der Waals surface area contributed by atoms with E-state index in [-0.39, 0.29) is 28.5 Å². The van der Waals surface area contributed by atoms with Crippen molar-refractivity contribution in [2.75, 3.05) is 24.7 Å². The third-order valence-electron chi connectivity index (χ3n) is 4.64. The molecule has 10 heteroatoms. The van der Waals surface area contributed by atoms with Crippen molar-refractivity contribution in [3.8, 4) is 0 Å². The van der Waals surface area contributed by atoms with E-state index >= 15 is 0 Å². The second-order valence-corrected chi connectivity index (χ2v) is 8.61. The molecule has 2 aromatic carbocycles. The van der Waals surface area contributed by atoms with Crippen LogP contribution in [-0.4, -0.2) is 44.5 Å². The topological polar surface area (TPSA) is 77.0 Å². The van der Waals surface area contributed by atoms with Crippen molar-refractivity contribution in [1.29, 1.82) is 0 Å². The predicted octanol–water partition coefficient (Wildman–Crippen LogP) is 4.11. The van der Waals surface area contributed by atoms with E-state index in [1.54, 1.807) is 29.2 Å². The molecule has 6 nitrogen and oxygen atoms in total. The lowest BCUT2D eigenvalue weighted by Crippen LogP contribution is -2.32. The molecule has 164 valence electrons. The van der Waals surface area contributed by atoms with Crippen LogP contribution < -0.4 is 5.84 Å². The second-order valence-electron chi connectivity index (χ2n) is 6.59. The number of aromatic nitrogens is 3. The maximum absolute atomic E-state index is 13.4. The Morgan fingerprint density at radius 1 is 0.968 bits per heavy atom. The normalized spacial score (nSPS) is 11.1. The molecule has 0 bridgehead atoms. The zero-order valence-electron chi connectivity index (χ0n) is 17.2. The van der Waals surface area contributed by atoms with Crippen molar-refractivity contribution in [2.45, 2.75) is 29.4 Å². The number of hydrogen-bond donors (Lipinski definition) is 1. The summed E-state index contributed by atoms with van der Waals surface area (Å²) >= 11 is 2.53. The first-order chi connectivity index (χ1) is 14.9. The van der Waals surface area contributed by atoms with Crippen molar-refractivity contribution < 1.29 is 13.6 Å². The molecule has 3 rings (SSSR count). The lowest BCUT2D eigenvalue weighted by Gasteiger charge is -2.18. The summed E-state index contributed by atoms with van der Waals surface area (Å²) in [5.74, 6) is 5.72. The quantitative estimate of drug-likeness (QED) is 0.380. The van der Waals surface area contributed by atoms with Gasteiger partial charge in [0.15, 0.2) is 0 Å². The fourth-order valence-corrected chi connectivity index (χ4v) is 4.85. The Kier molecular flexibility index (Phi) is 7.91. The standard InChI is InChI=1S/C21H23F2N5OS2/c1-3-27(4-2)18(29)13-30-20-25-26-21(28(20)24)31-19(14-5-9-16(22)10-6-14)15-7-11-17(23)12-8-15/h5-12,19H,3-4,13,24H2,1-2H3. The Balaban J connectivity index is 1.81. The SMILES string of the molecule is CCN(CC)C(=O)CSc1nnc(SC(c2ccc(F)cc2)c2ccc(F)cc2)n1N. The Labute approximate surface area is 188 Å². The number of carbonyl (C=O) groups excluding carboxylic acids is 1. The predicted molar refractivity (Wildman–Crippen MR) is 119 cm³/mol. The number of benzene rings is 2. The van der Waals surface area contributed by atoms with Crippen LogP contribution in [0.1, 0.15) is 30.2 Å². The van der Waals surface area contributed by atoms with E-state index in [1.165, 1.54) is 52.5 Å². The second kappa shape index (κ2) is 10.6. The average Bonchev–Trinajstić information content (AvgIpc) is 3.12. The lowest BCUT2D eigenvalue weighted by molar-refractivity contribution is -0.127. The first-order valence-corrected chi connectivity index (χ1v) is 11.6. The van der Waals surface area contributed by atoms with Crippen molar-refractivity contribution in [3.05, 3.63) is 71.3 Å². The minimum atomic E-state index is -0.342. The zero-order chi connectivity index (χ0) is 22.4. The van der Waals surface area contributed by atoms with Gasteiger partial charge in [0.2, 0.25) is 16.2 Å². The third-order valence-corrected chi connectivity index (χ3v) is 6.84. The fourth-order valence-electron chi connectivity index (χ4n) is 2.95. The number of nitrogens with two attached hydrogens (primary N) is 1. The molecule has 0 unspecified atom stereocenters. The number of nitrogens with zero attached hydrogens (tertiary/aromatic N) is 4.